The normalized spacial score (nSPS) is 17.1. The number of pyridine rings is 1. The van der Waals surface area contributed by atoms with Gasteiger partial charge in [0.05, 0.1) is 30.5 Å². The highest BCUT2D eigenvalue weighted by atomic mass is 32.1. The highest BCUT2D eigenvalue weighted by Gasteiger charge is 2.42. The molecule has 0 saturated carbocycles. The average Bonchev–Trinajstić information content (AvgIpc) is 3.39. The zero-order valence-electron chi connectivity index (χ0n) is 21.1. The van der Waals surface area contributed by atoms with E-state index in [1.54, 1.807) is 25.4 Å². The molecule has 2 N–H and O–H groups in total. The second-order valence-corrected chi connectivity index (χ2v) is 9.55. The largest absolute Gasteiger partial charge is 0.497 e. The second-order valence-electron chi connectivity index (χ2n) is 9.17. The Morgan fingerprint density at radius 2 is 1.86 bits per heavy atom. The Balaban J connectivity index is 1.70. The summed E-state index contributed by atoms with van der Waals surface area (Å²) in [7, 11) is 1.65. The number of nitrogens with one attached hydrogen (secondary N) is 1. The maximum atomic E-state index is 11.7. The molecule has 0 aliphatic carbocycles. The quantitative estimate of drug-likeness (QED) is 0.322. The van der Waals surface area contributed by atoms with Gasteiger partial charge in [0.1, 0.15) is 5.75 Å². The number of carboxylic acids is 1. The summed E-state index contributed by atoms with van der Waals surface area (Å²) in [5.41, 5.74) is 6.96. The van der Waals surface area contributed by atoms with Gasteiger partial charge in [0, 0.05) is 35.0 Å². The Hall–Kier alpha value is -4.17. The van der Waals surface area contributed by atoms with Crippen LogP contribution in [0, 0.1) is 20.8 Å². The molecule has 2 atom stereocenters. The van der Waals surface area contributed by atoms with E-state index in [0.717, 1.165) is 45.3 Å². The third-order valence-corrected chi connectivity index (χ3v) is 7.23. The van der Waals surface area contributed by atoms with Gasteiger partial charge < -0.3 is 24.6 Å². The number of ether oxygens (including phenoxy) is 1. The van der Waals surface area contributed by atoms with Crippen molar-refractivity contribution in [3.8, 4) is 11.4 Å². The van der Waals surface area contributed by atoms with E-state index in [1.165, 1.54) is 0 Å². The number of aryl methyl sites for hydroxylation is 2. The second kappa shape index (κ2) is 9.71. The van der Waals surface area contributed by atoms with Crippen molar-refractivity contribution in [3.05, 3.63) is 107 Å². The van der Waals surface area contributed by atoms with Crippen LogP contribution in [0.15, 0.2) is 72.9 Å². The van der Waals surface area contributed by atoms with Crippen LogP contribution >= 0.6 is 12.2 Å². The number of anilines is 1. The first-order valence-corrected chi connectivity index (χ1v) is 12.4. The molecule has 0 unspecified atom stereocenters. The first-order valence-electron chi connectivity index (χ1n) is 12.0. The number of hydrogen-bond donors (Lipinski definition) is 2. The molecular weight excluding hydrogens is 484 g/mol. The molecule has 1 aliphatic heterocycles. The SMILES string of the molecule is COc1cccc(N2C(=S)N[C@@H](c3ccccn3)[C@H]2c2cc(C)n(-c3cc(C(=O)O)ccc3C)c2C)c1. The molecule has 37 heavy (non-hydrogen) atoms. The van der Waals surface area contributed by atoms with Gasteiger partial charge in [-0.1, -0.05) is 18.2 Å². The van der Waals surface area contributed by atoms with E-state index in [0.29, 0.717) is 5.11 Å². The van der Waals surface area contributed by atoms with Gasteiger partial charge in [-0.3, -0.25) is 4.98 Å². The molecule has 2 aromatic carbocycles. The van der Waals surface area contributed by atoms with Crippen LogP contribution in [0.5, 0.6) is 5.75 Å². The number of carbonyl (C=O) groups is 1. The van der Waals surface area contributed by atoms with Crippen molar-refractivity contribution in [2.75, 3.05) is 12.0 Å². The van der Waals surface area contributed by atoms with Gasteiger partial charge in [-0.05, 0) is 86.6 Å². The van der Waals surface area contributed by atoms with Crippen molar-refractivity contribution in [1.29, 1.82) is 0 Å². The lowest BCUT2D eigenvalue weighted by Gasteiger charge is -2.28. The fraction of sp³-hybridized carbons (Fsp3) is 0.207. The van der Waals surface area contributed by atoms with Gasteiger partial charge in [0.25, 0.3) is 0 Å². The number of rotatable bonds is 6. The lowest BCUT2D eigenvalue weighted by atomic mass is 9.96. The van der Waals surface area contributed by atoms with Crippen molar-refractivity contribution >= 4 is 29.0 Å². The number of nitrogens with zero attached hydrogens (tertiary/aromatic N) is 3. The monoisotopic (exact) mass is 512 g/mol. The van der Waals surface area contributed by atoms with Crippen molar-refractivity contribution in [1.82, 2.24) is 14.9 Å². The number of carboxylic acid groups (broad SMARTS) is 1. The van der Waals surface area contributed by atoms with Crippen molar-refractivity contribution in [2.45, 2.75) is 32.9 Å². The van der Waals surface area contributed by atoms with E-state index < -0.39 is 5.97 Å². The first-order chi connectivity index (χ1) is 17.8. The van der Waals surface area contributed by atoms with Gasteiger partial charge >= 0.3 is 5.97 Å². The highest BCUT2D eigenvalue weighted by Crippen LogP contribution is 2.44. The molecule has 1 fully saturated rings. The number of aromatic nitrogens is 2. The molecule has 1 aliphatic rings. The summed E-state index contributed by atoms with van der Waals surface area (Å²) in [6.07, 6.45) is 1.79. The molecule has 4 aromatic rings. The molecule has 188 valence electrons. The first kappa shape index (κ1) is 24.5. The Bertz CT molecular complexity index is 1500. The maximum Gasteiger partial charge on any atom is 0.335 e. The minimum absolute atomic E-state index is 0.194. The minimum atomic E-state index is -0.950. The topological polar surface area (TPSA) is 79.6 Å². The van der Waals surface area contributed by atoms with Gasteiger partial charge in [-0.15, -0.1) is 0 Å². The van der Waals surface area contributed by atoms with Crippen LogP contribution in [0.25, 0.3) is 5.69 Å². The van der Waals surface area contributed by atoms with Crippen molar-refractivity contribution in [2.24, 2.45) is 0 Å². The molecule has 8 heteroatoms. The lowest BCUT2D eigenvalue weighted by Crippen LogP contribution is -2.29. The highest BCUT2D eigenvalue weighted by molar-refractivity contribution is 7.80. The van der Waals surface area contributed by atoms with Crippen LogP contribution in [0.4, 0.5) is 5.69 Å². The summed E-state index contributed by atoms with van der Waals surface area (Å²) < 4.78 is 7.62. The maximum absolute atomic E-state index is 11.7. The van der Waals surface area contributed by atoms with E-state index >= 15 is 0 Å². The zero-order chi connectivity index (χ0) is 26.3. The molecule has 0 bridgehead atoms. The molecule has 5 rings (SSSR count). The molecule has 3 heterocycles. The Morgan fingerprint density at radius 1 is 1.05 bits per heavy atom. The van der Waals surface area contributed by atoms with E-state index in [4.69, 9.17) is 17.0 Å². The van der Waals surface area contributed by atoms with Gasteiger partial charge in [0.15, 0.2) is 5.11 Å². The molecule has 0 radical (unpaired) electrons. The molecule has 7 nitrogen and oxygen atoms in total. The number of methoxy groups -OCH3 is 1. The van der Waals surface area contributed by atoms with Crippen molar-refractivity contribution in [3.63, 3.8) is 0 Å². The van der Waals surface area contributed by atoms with E-state index in [-0.39, 0.29) is 17.6 Å². The van der Waals surface area contributed by atoms with Crippen molar-refractivity contribution < 1.29 is 14.6 Å². The fourth-order valence-corrected chi connectivity index (χ4v) is 5.50. The zero-order valence-corrected chi connectivity index (χ0v) is 21.9. The summed E-state index contributed by atoms with van der Waals surface area (Å²) >= 11 is 5.87. The summed E-state index contributed by atoms with van der Waals surface area (Å²) in [5, 5.41) is 13.7. The van der Waals surface area contributed by atoms with Crippen LogP contribution in [-0.2, 0) is 0 Å². The molecule has 1 saturated heterocycles. The Morgan fingerprint density at radius 3 is 2.57 bits per heavy atom. The van der Waals surface area contributed by atoms with Crippen LogP contribution in [0.3, 0.4) is 0 Å². The third-order valence-electron chi connectivity index (χ3n) is 6.92. The van der Waals surface area contributed by atoms with E-state index in [2.05, 4.69) is 32.8 Å². The summed E-state index contributed by atoms with van der Waals surface area (Å²) in [5.74, 6) is -0.208. The lowest BCUT2D eigenvalue weighted by molar-refractivity contribution is 0.0697. The van der Waals surface area contributed by atoms with Crippen LogP contribution in [0.2, 0.25) is 0 Å². The molecule has 2 aromatic heterocycles. The van der Waals surface area contributed by atoms with E-state index in [9.17, 15) is 9.90 Å². The summed E-state index contributed by atoms with van der Waals surface area (Å²) in [4.78, 5) is 18.5. The smallest absolute Gasteiger partial charge is 0.335 e. The van der Waals surface area contributed by atoms with Gasteiger partial charge in [-0.2, -0.15) is 0 Å². The predicted molar refractivity (Wildman–Crippen MR) is 148 cm³/mol. The number of thiocarbonyl (C=S) groups is 1. The number of hydrogen-bond acceptors (Lipinski definition) is 4. The molecule has 0 amide bonds. The summed E-state index contributed by atoms with van der Waals surface area (Å²) in [6.45, 7) is 6.09. The number of aromatic carboxylic acids is 1. The Labute approximate surface area is 221 Å². The summed E-state index contributed by atoms with van der Waals surface area (Å²) in [6, 6.07) is 20.7. The van der Waals surface area contributed by atoms with E-state index in [1.807, 2.05) is 62.4 Å². The molecular formula is C29H28N4O3S. The van der Waals surface area contributed by atoms with Crippen LogP contribution < -0.4 is 15.0 Å². The van der Waals surface area contributed by atoms with Crippen LogP contribution in [-0.4, -0.2) is 32.8 Å². The Kier molecular flexibility index (Phi) is 6.43. The average molecular weight is 513 g/mol. The third kappa shape index (κ3) is 4.34. The van der Waals surface area contributed by atoms with Crippen LogP contribution in [0.1, 0.15) is 50.7 Å². The fourth-order valence-electron chi connectivity index (χ4n) is 5.15. The standard InChI is InChI=1S/C29H28N4O3S/c1-17-11-12-20(28(34)35)15-25(17)32-18(2)14-23(19(32)3)27-26(24-10-5-6-13-30-24)31-29(37)33(27)21-8-7-9-22(16-21)36-4/h5-16,26-27H,1-4H3,(H,31,37)(H,34,35)/t26-,27+/m0/s1. The molecule has 0 spiro atoms. The van der Waals surface area contributed by atoms with Gasteiger partial charge in [0.2, 0.25) is 0 Å². The predicted octanol–water partition coefficient (Wildman–Crippen LogP) is 5.68. The van der Waals surface area contributed by atoms with Gasteiger partial charge in [-0.25, -0.2) is 4.79 Å². The number of benzene rings is 2. The minimum Gasteiger partial charge on any atom is -0.497 e.